The van der Waals surface area contributed by atoms with Crippen LogP contribution in [0.4, 0.5) is 0 Å². The average molecular weight is 315 g/mol. The number of nitrogens with zero attached hydrogens (tertiary/aromatic N) is 1. The molecule has 0 atom stereocenters. The van der Waals surface area contributed by atoms with Gasteiger partial charge in [0.15, 0.2) is 0 Å². The molecule has 0 bridgehead atoms. The van der Waals surface area contributed by atoms with Gasteiger partial charge in [0.1, 0.15) is 22.0 Å². The van der Waals surface area contributed by atoms with Crippen LogP contribution in [0.15, 0.2) is 9.31 Å². The van der Waals surface area contributed by atoms with Crippen LogP contribution >= 0.6 is 0 Å². The Bertz CT molecular complexity index is 641. The fraction of sp³-hybridized carbons (Fsp3) is 0.643. The minimum absolute atomic E-state index is 0.0451. The third-order valence-corrected chi connectivity index (χ3v) is 6.21. The normalized spacial score (nSPS) is 16.8. The third kappa shape index (κ3) is 2.72. The van der Waals surface area contributed by atoms with Crippen LogP contribution in [0, 0.1) is 13.8 Å². The fourth-order valence-corrected chi connectivity index (χ4v) is 5.23. The number of carboxylic acids is 1. The largest absolute Gasteiger partial charge is 0.478 e. The molecule has 1 aliphatic rings. The van der Waals surface area contributed by atoms with E-state index in [9.17, 15) is 18.3 Å². The van der Waals surface area contributed by atoms with Gasteiger partial charge in [-0.05, 0) is 26.7 Å². The zero-order valence-electron chi connectivity index (χ0n) is 12.5. The molecule has 118 valence electrons. The van der Waals surface area contributed by atoms with Crippen molar-refractivity contribution in [1.29, 1.82) is 0 Å². The number of hydrogen-bond donors (Lipinski definition) is 1. The lowest BCUT2D eigenvalue weighted by molar-refractivity contribution is 0.0691. The molecular formula is C14H21NO5S. The molecule has 0 amide bonds. The van der Waals surface area contributed by atoms with E-state index >= 15 is 0 Å². The number of hydrogen-bond acceptors (Lipinski definition) is 4. The second kappa shape index (κ2) is 5.81. The Hall–Kier alpha value is -1.34. The lowest BCUT2D eigenvalue weighted by Gasteiger charge is -2.26. The summed E-state index contributed by atoms with van der Waals surface area (Å²) in [6.07, 6.45) is 3.66. The first-order valence-corrected chi connectivity index (χ1v) is 8.59. The zero-order chi connectivity index (χ0) is 15.8. The van der Waals surface area contributed by atoms with Crippen LogP contribution in [0.3, 0.4) is 0 Å². The van der Waals surface area contributed by atoms with E-state index in [0.717, 1.165) is 25.7 Å². The van der Waals surface area contributed by atoms with Gasteiger partial charge >= 0.3 is 5.97 Å². The molecule has 1 aliphatic carbocycles. The number of sulfonamides is 1. The maximum Gasteiger partial charge on any atom is 0.340 e. The summed E-state index contributed by atoms with van der Waals surface area (Å²) in [6, 6.07) is -0.0451. The summed E-state index contributed by atoms with van der Waals surface area (Å²) in [5, 5.41) is 9.30. The van der Waals surface area contributed by atoms with E-state index in [4.69, 9.17) is 4.42 Å². The lowest BCUT2D eigenvalue weighted by Crippen LogP contribution is -2.39. The Balaban J connectivity index is 2.55. The van der Waals surface area contributed by atoms with Crippen LogP contribution in [0.25, 0.3) is 0 Å². The summed E-state index contributed by atoms with van der Waals surface area (Å²) in [6.45, 7) is 5.07. The zero-order valence-corrected chi connectivity index (χ0v) is 13.4. The van der Waals surface area contributed by atoms with Gasteiger partial charge in [-0.3, -0.25) is 0 Å². The van der Waals surface area contributed by atoms with Crippen LogP contribution in [-0.4, -0.2) is 36.4 Å². The molecule has 0 unspecified atom stereocenters. The summed E-state index contributed by atoms with van der Waals surface area (Å²) >= 11 is 0. The highest BCUT2D eigenvalue weighted by atomic mass is 32.2. The van der Waals surface area contributed by atoms with Crippen LogP contribution in [-0.2, 0) is 10.0 Å². The second-order valence-electron chi connectivity index (χ2n) is 5.37. The van der Waals surface area contributed by atoms with Crippen LogP contribution in [0.2, 0.25) is 0 Å². The summed E-state index contributed by atoms with van der Waals surface area (Å²) in [7, 11) is -3.86. The van der Waals surface area contributed by atoms with Crippen molar-refractivity contribution in [2.24, 2.45) is 0 Å². The highest BCUT2D eigenvalue weighted by Crippen LogP contribution is 2.33. The molecule has 1 N–H and O–H groups in total. The maximum atomic E-state index is 12.9. The van der Waals surface area contributed by atoms with Crippen molar-refractivity contribution in [1.82, 2.24) is 4.31 Å². The van der Waals surface area contributed by atoms with E-state index in [1.807, 2.05) is 0 Å². The summed E-state index contributed by atoms with van der Waals surface area (Å²) in [4.78, 5) is 11.2. The lowest BCUT2D eigenvalue weighted by atomic mass is 10.2. The van der Waals surface area contributed by atoms with Crippen LogP contribution in [0.5, 0.6) is 0 Å². The van der Waals surface area contributed by atoms with Gasteiger partial charge in [-0.25, -0.2) is 13.2 Å². The van der Waals surface area contributed by atoms with E-state index in [1.54, 1.807) is 6.92 Å². The molecule has 0 aromatic carbocycles. The molecule has 0 radical (unpaired) electrons. The van der Waals surface area contributed by atoms with Gasteiger partial charge in [0.25, 0.3) is 0 Å². The van der Waals surface area contributed by atoms with Crippen molar-refractivity contribution in [3.05, 3.63) is 17.1 Å². The van der Waals surface area contributed by atoms with Gasteiger partial charge in [-0.2, -0.15) is 4.31 Å². The molecule has 1 aromatic heterocycles. The predicted molar refractivity (Wildman–Crippen MR) is 77.0 cm³/mol. The minimum atomic E-state index is -3.86. The first-order valence-electron chi connectivity index (χ1n) is 7.15. The quantitative estimate of drug-likeness (QED) is 0.902. The van der Waals surface area contributed by atoms with Crippen LogP contribution in [0.1, 0.15) is 54.5 Å². The number of aryl methyl sites for hydroxylation is 2. The van der Waals surface area contributed by atoms with Gasteiger partial charge in [-0.1, -0.05) is 19.8 Å². The molecule has 7 heteroatoms. The summed E-state index contributed by atoms with van der Waals surface area (Å²) in [5.41, 5.74) is -0.246. The van der Waals surface area contributed by atoms with E-state index in [2.05, 4.69) is 0 Å². The molecule has 1 saturated carbocycles. The van der Waals surface area contributed by atoms with Crippen molar-refractivity contribution in [3.63, 3.8) is 0 Å². The van der Waals surface area contributed by atoms with Gasteiger partial charge in [-0.15, -0.1) is 0 Å². The Labute approximate surface area is 124 Å². The van der Waals surface area contributed by atoms with Crippen molar-refractivity contribution in [2.45, 2.75) is 57.4 Å². The van der Waals surface area contributed by atoms with Gasteiger partial charge < -0.3 is 9.52 Å². The molecule has 6 nitrogen and oxygen atoms in total. The molecule has 1 heterocycles. The Morgan fingerprint density at radius 3 is 2.33 bits per heavy atom. The number of carbonyl (C=O) groups is 1. The van der Waals surface area contributed by atoms with Gasteiger partial charge in [0, 0.05) is 12.6 Å². The Kier molecular flexibility index (Phi) is 4.43. The van der Waals surface area contributed by atoms with E-state index in [1.165, 1.54) is 18.2 Å². The monoisotopic (exact) mass is 315 g/mol. The maximum absolute atomic E-state index is 12.9. The topological polar surface area (TPSA) is 87.8 Å². The molecule has 0 saturated heterocycles. The minimum Gasteiger partial charge on any atom is -0.478 e. The molecule has 21 heavy (non-hydrogen) atoms. The smallest absolute Gasteiger partial charge is 0.340 e. The number of furan rings is 1. The molecular weight excluding hydrogens is 294 g/mol. The van der Waals surface area contributed by atoms with Crippen LogP contribution < -0.4 is 0 Å². The van der Waals surface area contributed by atoms with Crippen molar-refractivity contribution in [2.75, 3.05) is 6.54 Å². The first-order chi connectivity index (χ1) is 9.80. The molecule has 1 aromatic rings. The number of carboxylic acid groups (broad SMARTS) is 1. The highest BCUT2D eigenvalue weighted by molar-refractivity contribution is 7.89. The van der Waals surface area contributed by atoms with Crippen molar-refractivity contribution in [3.8, 4) is 0 Å². The van der Waals surface area contributed by atoms with Gasteiger partial charge in [0.2, 0.25) is 10.0 Å². The molecule has 1 fully saturated rings. The SMILES string of the molecule is CCN(C1CCCC1)S(=O)(=O)c1c(C)oc(C)c1C(=O)O. The van der Waals surface area contributed by atoms with Crippen molar-refractivity contribution >= 4 is 16.0 Å². The predicted octanol–water partition coefficient (Wildman–Crippen LogP) is 2.55. The molecule has 0 spiro atoms. The van der Waals surface area contributed by atoms with E-state index in [-0.39, 0.29) is 28.0 Å². The average Bonchev–Trinajstić information content (AvgIpc) is 2.97. The summed E-state index contributed by atoms with van der Waals surface area (Å²) < 4.78 is 32.5. The van der Waals surface area contributed by atoms with Crippen molar-refractivity contribution < 1.29 is 22.7 Å². The second-order valence-corrected chi connectivity index (χ2v) is 7.20. The number of rotatable bonds is 5. The number of aromatic carboxylic acids is 1. The Morgan fingerprint density at radius 2 is 1.86 bits per heavy atom. The first kappa shape index (κ1) is 16.0. The van der Waals surface area contributed by atoms with E-state index in [0.29, 0.717) is 6.54 Å². The highest BCUT2D eigenvalue weighted by Gasteiger charge is 2.38. The third-order valence-electron chi connectivity index (χ3n) is 4.03. The molecule has 0 aliphatic heterocycles. The van der Waals surface area contributed by atoms with Gasteiger partial charge in [0.05, 0.1) is 0 Å². The fourth-order valence-electron chi connectivity index (χ4n) is 3.16. The standard InChI is InChI=1S/C14H21NO5S/c1-4-15(11-7-5-6-8-11)21(18,19)13-10(3)20-9(2)12(13)14(16)17/h11H,4-8H2,1-3H3,(H,16,17). The Morgan fingerprint density at radius 1 is 1.29 bits per heavy atom. The molecule has 2 rings (SSSR count). The van der Waals surface area contributed by atoms with E-state index < -0.39 is 16.0 Å². The summed E-state index contributed by atoms with van der Waals surface area (Å²) in [5.74, 6) is -1.01.